The molecule has 1 amide bonds. The third kappa shape index (κ3) is 3.73. The number of aromatic nitrogens is 4. The van der Waals surface area contributed by atoms with Gasteiger partial charge in [-0.05, 0) is 51.5 Å². The van der Waals surface area contributed by atoms with Crippen LogP contribution in [0.5, 0.6) is 0 Å². The fourth-order valence-corrected chi connectivity index (χ4v) is 3.35. The molecule has 0 saturated heterocycles. The Morgan fingerprint density at radius 1 is 1.00 bits per heavy atom. The van der Waals surface area contributed by atoms with Crippen LogP contribution < -0.4 is 5.32 Å². The molecule has 0 atom stereocenters. The summed E-state index contributed by atoms with van der Waals surface area (Å²) < 4.78 is 1.54. The van der Waals surface area contributed by atoms with Gasteiger partial charge in [-0.25, -0.2) is 4.68 Å². The van der Waals surface area contributed by atoms with Gasteiger partial charge in [0.05, 0.1) is 11.4 Å². The predicted octanol–water partition coefficient (Wildman–Crippen LogP) is 3.55. The van der Waals surface area contributed by atoms with Crippen molar-refractivity contribution in [3.8, 4) is 5.69 Å². The highest BCUT2D eigenvalue weighted by atomic mass is 32.2. The van der Waals surface area contributed by atoms with Gasteiger partial charge in [0.2, 0.25) is 5.91 Å². The van der Waals surface area contributed by atoms with E-state index in [9.17, 15) is 4.79 Å². The first-order valence-electron chi connectivity index (χ1n) is 8.03. The Morgan fingerprint density at radius 3 is 2.73 bits per heavy atom. The molecular weight excluding hydrogens is 346 g/mol. The number of nitrogens with one attached hydrogen (secondary N) is 1. The number of fused-ring (bicyclic) bond motifs is 1. The highest BCUT2D eigenvalue weighted by Gasteiger charge is 2.06. The first kappa shape index (κ1) is 16.3. The maximum Gasteiger partial charge on any atom is 0.234 e. The summed E-state index contributed by atoms with van der Waals surface area (Å²) in [5, 5.41) is 16.4. The summed E-state index contributed by atoms with van der Waals surface area (Å²) in [6, 6.07) is 21.8. The lowest BCUT2D eigenvalue weighted by Crippen LogP contribution is -2.14. The number of tetrazole rings is 1. The van der Waals surface area contributed by atoms with Crippen LogP contribution in [0.15, 0.2) is 78.0 Å². The Hall–Kier alpha value is -3.19. The van der Waals surface area contributed by atoms with Gasteiger partial charge in [0.1, 0.15) is 6.33 Å². The van der Waals surface area contributed by atoms with Crippen LogP contribution in [0.2, 0.25) is 0 Å². The van der Waals surface area contributed by atoms with E-state index in [0.717, 1.165) is 10.6 Å². The standard InChI is InChI=1S/C19H15N5OS/c25-19(12-26-18-9-8-14-4-1-2-5-15(14)10-18)21-16-6-3-7-17(11-16)24-13-20-22-23-24/h1-11,13H,12H2,(H,21,25). The summed E-state index contributed by atoms with van der Waals surface area (Å²) in [5.74, 6) is 0.282. The van der Waals surface area contributed by atoms with Crippen molar-refractivity contribution in [3.63, 3.8) is 0 Å². The molecule has 26 heavy (non-hydrogen) atoms. The van der Waals surface area contributed by atoms with Crippen LogP contribution in [0.25, 0.3) is 16.5 Å². The Bertz CT molecular complexity index is 1050. The van der Waals surface area contributed by atoms with Crippen molar-refractivity contribution < 1.29 is 4.79 Å². The molecule has 0 saturated carbocycles. The summed E-state index contributed by atoms with van der Waals surface area (Å²) in [7, 11) is 0. The van der Waals surface area contributed by atoms with Crippen LogP contribution in [0.3, 0.4) is 0 Å². The molecule has 128 valence electrons. The van der Waals surface area contributed by atoms with Gasteiger partial charge in [-0.2, -0.15) is 0 Å². The lowest BCUT2D eigenvalue weighted by atomic mass is 10.1. The van der Waals surface area contributed by atoms with Crippen molar-refractivity contribution in [1.82, 2.24) is 20.2 Å². The molecule has 0 spiro atoms. The Kier molecular flexibility index (Phi) is 4.61. The van der Waals surface area contributed by atoms with E-state index in [-0.39, 0.29) is 5.91 Å². The van der Waals surface area contributed by atoms with Gasteiger partial charge in [0.25, 0.3) is 0 Å². The van der Waals surface area contributed by atoms with Crippen molar-refractivity contribution in [2.75, 3.05) is 11.1 Å². The minimum absolute atomic E-state index is 0.0583. The molecule has 0 fully saturated rings. The van der Waals surface area contributed by atoms with Crippen LogP contribution in [-0.2, 0) is 4.79 Å². The molecular formula is C19H15N5OS. The van der Waals surface area contributed by atoms with Crippen LogP contribution in [-0.4, -0.2) is 31.9 Å². The molecule has 0 aliphatic rings. The van der Waals surface area contributed by atoms with Crippen molar-refractivity contribution in [2.24, 2.45) is 0 Å². The molecule has 1 N–H and O–H groups in total. The second-order valence-corrected chi connectivity index (χ2v) is 6.70. The number of hydrogen-bond donors (Lipinski definition) is 1. The number of amides is 1. The van der Waals surface area contributed by atoms with Gasteiger partial charge in [-0.3, -0.25) is 4.79 Å². The fraction of sp³-hybridized carbons (Fsp3) is 0.0526. The highest BCUT2D eigenvalue weighted by Crippen LogP contribution is 2.24. The number of anilines is 1. The Labute approximate surface area is 154 Å². The van der Waals surface area contributed by atoms with E-state index < -0.39 is 0 Å². The second-order valence-electron chi connectivity index (χ2n) is 5.65. The summed E-state index contributed by atoms with van der Waals surface area (Å²) in [4.78, 5) is 13.3. The lowest BCUT2D eigenvalue weighted by Gasteiger charge is -2.07. The number of rotatable bonds is 5. The van der Waals surface area contributed by atoms with Crippen molar-refractivity contribution >= 4 is 34.1 Å². The molecule has 0 radical (unpaired) electrons. The van der Waals surface area contributed by atoms with Crippen LogP contribution in [0.4, 0.5) is 5.69 Å². The topological polar surface area (TPSA) is 72.7 Å². The van der Waals surface area contributed by atoms with Gasteiger partial charge >= 0.3 is 0 Å². The van der Waals surface area contributed by atoms with Crippen LogP contribution >= 0.6 is 11.8 Å². The maximum atomic E-state index is 12.3. The average molecular weight is 361 g/mol. The molecule has 4 rings (SSSR count). The predicted molar refractivity (Wildman–Crippen MR) is 102 cm³/mol. The van der Waals surface area contributed by atoms with E-state index in [1.807, 2.05) is 42.5 Å². The maximum absolute atomic E-state index is 12.3. The number of benzene rings is 3. The van der Waals surface area contributed by atoms with Gasteiger partial charge in [-0.15, -0.1) is 16.9 Å². The lowest BCUT2D eigenvalue weighted by molar-refractivity contribution is -0.113. The van der Waals surface area contributed by atoms with E-state index in [0.29, 0.717) is 11.4 Å². The molecule has 1 aromatic heterocycles. The second kappa shape index (κ2) is 7.37. The van der Waals surface area contributed by atoms with Gasteiger partial charge in [-0.1, -0.05) is 36.4 Å². The number of hydrogen-bond acceptors (Lipinski definition) is 5. The Balaban J connectivity index is 1.40. The zero-order valence-electron chi connectivity index (χ0n) is 13.7. The third-order valence-corrected chi connectivity index (χ3v) is 4.83. The van der Waals surface area contributed by atoms with E-state index in [1.165, 1.54) is 28.9 Å². The van der Waals surface area contributed by atoms with E-state index >= 15 is 0 Å². The normalized spacial score (nSPS) is 10.8. The molecule has 6 nitrogen and oxygen atoms in total. The number of carbonyl (C=O) groups is 1. The molecule has 0 bridgehead atoms. The van der Waals surface area contributed by atoms with Crippen LogP contribution in [0.1, 0.15) is 0 Å². The molecule has 0 aliphatic heterocycles. The summed E-state index contributed by atoms with van der Waals surface area (Å²) in [6.45, 7) is 0. The minimum atomic E-state index is -0.0583. The van der Waals surface area contributed by atoms with Crippen LogP contribution in [0, 0.1) is 0 Å². The van der Waals surface area contributed by atoms with E-state index in [4.69, 9.17) is 0 Å². The molecule has 3 aromatic carbocycles. The van der Waals surface area contributed by atoms with Crippen molar-refractivity contribution in [2.45, 2.75) is 4.90 Å². The molecule has 0 aliphatic carbocycles. The van der Waals surface area contributed by atoms with Gasteiger partial charge in [0, 0.05) is 10.6 Å². The SMILES string of the molecule is O=C(CSc1ccc2ccccc2c1)Nc1cccc(-n2cnnn2)c1. The smallest absolute Gasteiger partial charge is 0.234 e. The number of nitrogens with zero attached hydrogens (tertiary/aromatic N) is 4. The van der Waals surface area contributed by atoms with E-state index in [1.54, 1.807) is 4.68 Å². The number of carbonyl (C=O) groups excluding carboxylic acids is 1. The molecule has 1 heterocycles. The average Bonchev–Trinajstić information content (AvgIpc) is 3.21. The first-order chi connectivity index (χ1) is 12.8. The summed E-state index contributed by atoms with van der Waals surface area (Å²) in [5.41, 5.74) is 1.50. The summed E-state index contributed by atoms with van der Waals surface area (Å²) >= 11 is 1.51. The summed E-state index contributed by atoms with van der Waals surface area (Å²) in [6.07, 6.45) is 1.51. The molecule has 7 heteroatoms. The minimum Gasteiger partial charge on any atom is -0.325 e. The third-order valence-electron chi connectivity index (χ3n) is 3.83. The van der Waals surface area contributed by atoms with Gasteiger partial charge < -0.3 is 5.32 Å². The zero-order valence-corrected chi connectivity index (χ0v) is 14.6. The number of thioether (sulfide) groups is 1. The van der Waals surface area contributed by atoms with Crippen molar-refractivity contribution in [3.05, 3.63) is 73.1 Å². The Morgan fingerprint density at radius 2 is 1.88 bits per heavy atom. The molecule has 0 unspecified atom stereocenters. The first-order valence-corrected chi connectivity index (χ1v) is 9.01. The van der Waals surface area contributed by atoms with Gasteiger partial charge in [0.15, 0.2) is 0 Å². The largest absolute Gasteiger partial charge is 0.325 e. The van der Waals surface area contributed by atoms with E-state index in [2.05, 4.69) is 45.1 Å². The quantitative estimate of drug-likeness (QED) is 0.550. The monoisotopic (exact) mass is 361 g/mol. The molecule has 4 aromatic rings. The zero-order chi connectivity index (χ0) is 17.8. The fourth-order valence-electron chi connectivity index (χ4n) is 2.61. The van der Waals surface area contributed by atoms with Crippen molar-refractivity contribution in [1.29, 1.82) is 0 Å². The highest BCUT2D eigenvalue weighted by molar-refractivity contribution is 8.00.